The van der Waals surface area contributed by atoms with Crippen molar-refractivity contribution in [2.24, 2.45) is 5.92 Å². The fourth-order valence-electron chi connectivity index (χ4n) is 2.11. The number of carboxylic acids is 1. The zero-order valence-electron chi connectivity index (χ0n) is 11.9. The van der Waals surface area contributed by atoms with Crippen LogP contribution >= 0.6 is 0 Å². The fraction of sp³-hybridized carbons (Fsp3) is 0.833. The maximum atomic E-state index is 12.2. The van der Waals surface area contributed by atoms with E-state index in [-0.39, 0.29) is 37.1 Å². The van der Waals surface area contributed by atoms with Crippen LogP contribution in [0.25, 0.3) is 0 Å². The highest BCUT2D eigenvalue weighted by molar-refractivity contribution is 7.89. The van der Waals surface area contributed by atoms with Crippen LogP contribution in [0, 0.1) is 5.92 Å². The highest BCUT2D eigenvalue weighted by Gasteiger charge is 2.31. The van der Waals surface area contributed by atoms with E-state index in [4.69, 9.17) is 5.11 Å². The van der Waals surface area contributed by atoms with E-state index in [9.17, 15) is 18.0 Å². The first-order chi connectivity index (χ1) is 9.22. The van der Waals surface area contributed by atoms with E-state index >= 15 is 0 Å². The van der Waals surface area contributed by atoms with E-state index in [1.165, 1.54) is 9.21 Å². The number of carboxylic acid groups (broad SMARTS) is 1. The number of carbonyl (C=O) groups excluding carboxylic acids is 1. The lowest BCUT2D eigenvalue weighted by Crippen LogP contribution is -2.43. The third kappa shape index (κ3) is 5.09. The van der Waals surface area contributed by atoms with Gasteiger partial charge in [0.05, 0.1) is 18.7 Å². The van der Waals surface area contributed by atoms with Gasteiger partial charge < -0.3 is 10.0 Å². The average molecular weight is 306 g/mol. The highest BCUT2D eigenvalue weighted by atomic mass is 32.2. The Hall–Kier alpha value is -1.15. The van der Waals surface area contributed by atoms with Crippen molar-refractivity contribution in [3.63, 3.8) is 0 Å². The summed E-state index contributed by atoms with van der Waals surface area (Å²) >= 11 is 0. The topological polar surface area (TPSA) is 95.0 Å². The van der Waals surface area contributed by atoms with Gasteiger partial charge in [0, 0.05) is 19.6 Å². The van der Waals surface area contributed by atoms with Crippen molar-refractivity contribution in [2.45, 2.75) is 26.7 Å². The summed E-state index contributed by atoms with van der Waals surface area (Å²) < 4.78 is 24.5. The third-order valence-electron chi connectivity index (χ3n) is 3.05. The van der Waals surface area contributed by atoms with Crippen LogP contribution in [0.15, 0.2) is 0 Å². The molecule has 1 aliphatic heterocycles. The van der Waals surface area contributed by atoms with Crippen LogP contribution in [0.1, 0.15) is 26.7 Å². The fourth-order valence-corrected chi connectivity index (χ4v) is 3.58. The summed E-state index contributed by atoms with van der Waals surface area (Å²) in [6.45, 7) is 4.57. The van der Waals surface area contributed by atoms with Crippen molar-refractivity contribution in [1.82, 2.24) is 9.21 Å². The molecule has 0 aromatic rings. The molecule has 0 saturated carbocycles. The molecule has 0 atom stereocenters. The molecule has 0 aromatic heterocycles. The van der Waals surface area contributed by atoms with Crippen LogP contribution in [-0.4, -0.2) is 66.5 Å². The molecule has 1 rings (SSSR count). The first-order valence-corrected chi connectivity index (χ1v) is 8.30. The van der Waals surface area contributed by atoms with Gasteiger partial charge >= 0.3 is 5.97 Å². The highest BCUT2D eigenvalue weighted by Crippen LogP contribution is 2.13. The van der Waals surface area contributed by atoms with Gasteiger partial charge in [-0.2, -0.15) is 4.31 Å². The summed E-state index contributed by atoms with van der Waals surface area (Å²) in [5.74, 6) is -1.02. The van der Waals surface area contributed by atoms with E-state index in [2.05, 4.69) is 0 Å². The molecular weight excluding hydrogens is 284 g/mol. The molecule has 1 fully saturated rings. The van der Waals surface area contributed by atoms with Gasteiger partial charge in [-0.1, -0.05) is 13.8 Å². The van der Waals surface area contributed by atoms with Crippen molar-refractivity contribution in [3.8, 4) is 0 Å². The molecule has 0 aliphatic carbocycles. The number of rotatable bonds is 7. The zero-order chi connectivity index (χ0) is 15.3. The van der Waals surface area contributed by atoms with Crippen molar-refractivity contribution in [2.75, 3.05) is 31.9 Å². The Morgan fingerprint density at radius 3 is 2.45 bits per heavy atom. The summed E-state index contributed by atoms with van der Waals surface area (Å²) in [7, 11) is -3.31. The molecular formula is C12H22N2O5S. The van der Waals surface area contributed by atoms with Gasteiger partial charge in [0.1, 0.15) is 0 Å². The average Bonchev–Trinajstić information content (AvgIpc) is 2.63. The Balaban J connectivity index is 2.64. The van der Waals surface area contributed by atoms with E-state index in [1.54, 1.807) is 0 Å². The molecule has 1 heterocycles. The molecule has 0 bridgehead atoms. The van der Waals surface area contributed by atoms with E-state index < -0.39 is 16.0 Å². The van der Waals surface area contributed by atoms with Gasteiger partial charge in [-0.3, -0.25) is 9.59 Å². The predicted octanol–water partition coefficient (Wildman–Crippen LogP) is -0.0188. The first-order valence-electron chi connectivity index (χ1n) is 6.70. The SMILES string of the molecule is CC(C)CN(CCC(=O)O)C(=O)CN1CCCS1(=O)=O. The summed E-state index contributed by atoms with van der Waals surface area (Å²) in [6, 6.07) is 0. The van der Waals surface area contributed by atoms with E-state index in [0.717, 1.165) is 0 Å². The number of hydrogen-bond donors (Lipinski definition) is 1. The summed E-state index contributed by atoms with van der Waals surface area (Å²) in [5, 5.41) is 8.70. The molecule has 1 saturated heterocycles. The van der Waals surface area contributed by atoms with Crippen LogP contribution in [0.5, 0.6) is 0 Å². The van der Waals surface area contributed by atoms with Crippen LogP contribution in [0.3, 0.4) is 0 Å². The van der Waals surface area contributed by atoms with E-state index in [1.807, 2.05) is 13.8 Å². The third-order valence-corrected chi connectivity index (χ3v) is 4.95. The first kappa shape index (κ1) is 16.9. The van der Waals surface area contributed by atoms with Gasteiger partial charge in [-0.25, -0.2) is 8.42 Å². The standard InChI is InChI=1S/C12H22N2O5S/c1-10(2)8-13(6-4-12(16)17)11(15)9-14-5-3-7-20(14,18)19/h10H,3-9H2,1-2H3,(H,16,17). The smallest absolute Gasteiger partial charge is 0.305 e. The maximum absolute atomic E-state index is 12.2. The van der Waals surface area contributed by atoms with Crippen LogP contribution in [0.4, 0.5) is 0 Å². The van der Waals surface area contributed by atoms with Crippen molar-refractivity contribution in [1.29, 1.82) is 0 Å². The Morgan fingerprint density at radius 2 is 2.00 bits per heavy atom. The lowest BCUT2D eigenvalue weighted by Gasteiger charge is -2.26. The van der Waals surface area contributed by atoms with Crippen LogP contribution < -0.4 is 0 Å². The Bertz CT molecular complexity index is 460. The van der Waals surface area contributed by atoms with E-state index in [0.29, 0.717) is 19.5 Å². The molecule has 1 amide bonds. The molecule has 0 aromatic carbocycles. The minimum absolute atomic E-state index is 0.0829. The molecule has 7 nitrogen and oxygen atoms in total. The number of nitrogens with zero attached hydrogens (tertiary/aromatic N) is 2. The second kappa shape index (κ2) is 7.03. The summed E-state index contributed by atoms with van der Waals surface area (Å²) in [4.78, 5) is 24.2. The quantitative estimate of drug-likeness (QED) is 0.713. The van der Waals surface area contributed by atoms with Crippen LogP contribution in [0.2, 0.25) is 0 Å². The maximum Gasteiger partial charge on any atom is 0.305 e. The van der Waals surface area contributed by atoms with Gasteiger partial charge in [0.25, 0.3) is 0 Å². The van der Waals surface area contributed by atoms with Gasteiger partial charge in [-0.15, -0.1) is 0 Å². The predicted molar refractivity (Wildman–Crippen MR) is 73.6 cm³/mol. The van der Waals surface area contributed by atoms with Crippen molar-refractivity contribution in [3.05, 3.63) is 0 Å². The molecule has 1 N–H and O–H groups in total. The van der Waals surface area contributed by atoms with Crippen molar-refractivity contribution >= 4 is 21.9 Å². The summed E-state index contributed by atoms with van der Waals surface area (Å²) in [6.07, 6.45) is 0.403. The van der Waals surface area contributed by atoms with Crippen LogP contribution in [-0.2, 0) is 19.6 Å². The minimum Gasteiger partial charge on any atom is -0.481 e. The lowest BCUT2D eigenvalue weighted by atomic mass is 10.2. The number of hydrogen-bond acceptors (Lipinski definition) is 4. The monoisotopic (exact) mass is 306 g/mol. The van der Waals surface area contributed by atoms with Gasteiger partial charge in [-0.05, 0) is 12.3 Å². The number of aliphatic carboxylic acids is 1. The largest absolute Gasteiger partial charge is 0.481 e. The molecule has 1 aliphatic rings. The normalized spacial score (nSPS) is 18.4. The second-order valence-corrected chi connectivity index (χ2v) is 7.47. The molecule has 116 valence electrons. The molecule has 20 heavy (non-hydrogen) atoms. The Labute approximate surface area is 119 Å². The zero-order valence-corrected chi connectivity index (χ0v) is 12.7. The number of amides is 1. The Morgan fingerprint density at radius 1 is 1.35 bits per heavy atom. The lowest BCUT2D eigenvalue weighted by molar-refractivity contribution is -0.138. The van der Waals surface area contributed by atoms with Gasteiger partial charge in [0.2, 0.25) is 15.9 Å². The van der Waals surface area contributed by atoms with Gasteiger partial charge in [0.15, 0.2) is 0 Å². The molecule has 0 radical (unpaired) electrons. The Kier molecular flexibility index (Phi) is 5.94. The summed E-state index contributed by atoms with van der Waals surface area (Å²) in [5.41, 5.74) is 0. The molecule has 0 spiro atoms. The second-order valence-electron chi connectivity index (χ2n) is 5.38. The molecule has 8 heteroatoms. The number of sulfonamides is 1. The molecule has 0 unspecified atom stereocenters. The van der Waals surface area contributed by atoms with Crippen molar-refractivity contribution < 1.29 is 23.1 Å². The minimum atomic E-state index is -3.31. The number of carbonyl (C=O) groups is 2.